The Morgan fingerprint density at radius 3 is 3.00 bits per heavy atom. The molecule has 0 bridgehead atoms. The molecule has 0 saturated heterocycles. The highest BCUT2D eigenvalue weighted by molar-refractivity contribution is 5.86. The van der Waals surface area contributed by atoms with Crippen LogP contribution in [0.3, 0.4) is 0 Å². The molecule has 0 spiro atoms. The molecule has 5 nitrogen and oxygen atoms in total. The third kappa shape index (κ3) is 2.61. The Balaban J connectivity index is 2.24. The van der Waals surface area contributed by atoms with Crippen LogP contribution in [0.2, 0.25) is 0 Å². The summed E-state index contributed by atoms with van der Waals surface area (Å²) in [6.07, 6.45) is 4.19. The van der Waals surface area contributed by atoms with E-state index in [1.54, 1.807) is 16.7 Å². The van der Waals surface area contributed by atoms with Crippen LogP contribution in [0.25, 0.3) is 5.65 Å². The molecule has 0 aliphatic heterocycles. The fourth-order valence-corrected chi connectivity index (χ4v) is 1.61. The van der Waals surface area contributed by atoms with E-state index in [4.69, 9.17) is 9.84 Å². The van der Waals surface area contributed by atoms with Crippen LogP contribution in [-0.2, 0) is 0 Å². The number of imidazole rings is 1. The molecule has 0 unspecified atom stereocenters. The Hall–Kier alpha value is -2.04. The first-order valence-electron chi connectivity index (χ1n) is 5.91. The van der Waals surface area contributed by atoms with Gasteiger partial charge in [0.05, 0.1) is 6.61 Å². The van der Waals surface area contributed by atoms with Crippen LogP contribution in [0.5, 0.6) is 5.75 Å². The molecular formula is C13H16N2O3. The van der Waals surface area contributed by atoms with Gasteiger partial charge in [-0.2, -0.15) is 0 Å². The third-order valence-corrected chi connectivity index (χ3v) is 2.62. The standard InChI is InChI=1S/C13H16N2O3/c1-9(2)5-7-18-11-4-3-6-15-8-10(13(16)17)14-12(11)15/h3-4,6,8-9H,5,7H2,1-2H3,(H,16,17). The van der Waals surface area contributed by atoms with Gasteiger partial charge in [0.25, 0.3) is 0 Å². The van der Waals surface area contributed by atoms with Crippen LogP contribution in [0.15, 0.2) is 24.5 Å². The number of hydrogen-bond donors (Lipinski definition) is 1. The average molecular weight is 248 g/mol. The Kier molecular flexibility index (Phi) is 3.50. The van der Waals surface area contributed by atoms with E-state index in [2.05, 4.69) is 18.8 Å². The predicted molar refractivity (Wildman–Crippen MR) is 67.1 cm³/mol. The van der Waals surface area contributed by atoms with Crippen molar-refractivity contribution in [2.45, 2.75) is 20.3 Å². The summed E-state index contributed by atoms with van der Waals surface area (Å²) in [7, 11) is 0. The second kappa shape index (κ2) is 5.08. The number of carboxylic acid groups (broad SMARTS) is 1. The zero-order chi connectivity index (χ0) is 13.1. The van der Waals surface area contributed by atoms with Crippen LogP contribution in [-0.4, -0.2) is 27.1 Å². The lowest BCUT2D eigenvalue weighted by atomic mass is 10.1. The van der Waals surface area contributed by atoms with E-state index in [0.29, 0.717) is 23.9 Å². The highest BCUT2D eigenvalue weighted by atomic mass is 16.5. The summed E-state index contributed by atoms with van der Waals surface area (Å²) in [6, 6.07) is 3.61. The molecular weight excluding hydrogens is 232 g/mol. The lowest BCUT2D eigenvalue weighted by Crippen LogP contribution is -2.02. The number of rotatable bonds is 5. The van der Waals surface area contributed by atoms with E-state index >= 15 is 0 Å². The van der Waals surface area contributed by atoms with E-state index in [0.717, 1.165) is 6.42 Å². The number of aromatic nitrogens is 2. The second-order valence-corrected chi connectivity index (χ2v) is 4.57. The van der Waals surface area contributed by atoms with Crippen molar-refractivity contribution in [1.29, 1.82) is 0 Å². The van der Waals surface area contributed by atoms with Crippen molar-refractivity contribution in [3.8, 4) is 5.75 Å². The monoisotopic (exact) mass is 248 g/mol. The number of carboxylic acids is 1. The molecule has 18 heavy (non-hydrogen) atoms. The molecule has 0 atom stereocenters. The molecule has 2 aromatic rings. The van der Waals surface area contributed by atoms with Crippen molar-refractivity contribution >= 4 is 11.6 Å². The third-order valence-electron chi connectivity index (χ3n) is 2.62. The minimum atomic E-state index is -1.04. The van der Waals surface area contributed by atoms with Crippen molar-refractivity contribution in [2.24, 2.45) is 5.92 Å². The molecule has 0 radical (unpaired) electrons. The molecule has 2 aromatic heterocycles. The van der Waals surface area contributed by atoms with Gasteiger partial charge in [0.15, 0.2) is 17.1 Å². The number of nitrogens with zero attached hydrogens (tertiary/aromatic N) is 2. The van der Waals surface area contributed by atoms with Crippen molar-refractivity contribution in [3.63, 3.8) is 0 Å². The summed E-state index contributed by atoms with van der Waals surface area (Å²) < 4.78 is 7.31. The molecule has 96 valence electrons. The highest BCUT2D eigenvalue weighted by Crippen LogP contribution is 2.19. The molecule has 1 N–H and O–H groups in total. The van der Waals surface area contributed by atoms with Gasteiger partial charge in [0.2, 0.25) is 0 Å². The van der Waals surface area contributed by atoms with Gasteiger partial charge in [0, 0.05) is 12.4 Å². The molecule has 2 heterocycles. The first-order valence-corrected chi connectivity index (χ1v) is 5.91. The van der Waals surface area contributed by atoms with Gasteiger partial charge in [-0.1, -0.05) is 13.8 Å². The summed E-state index contributed by atoms with van der Waals surface area (Å²) in [6.45, 7) is 4.86. The summed E-state index contributed by atoms with van der Waals surface area (Å²) in [5.74, 6) is 0.150. The van der Waals surface area contributed by atoms with E-state index in [-0.39, 0.29) is 5.69 Å². The van der Waals surface area contributed by atoms with E-state index in [1.807, 2.05) is 6.07 Å². The van der Waals surface area contributed by atoms with Gasteiger partial charge in [-0.05, 0) is 24.5 Å². The van der Waals surface area contributed by atoms with E-state index in [9.17, 15) is 4.79 Å². The van der Waals surface area contributed by atoms with Gasteiger partial charge in [0.1, 0.15) is 0 Å². The Labute approximate surface area is 105 Å². The number of ether oxygens (including phenoxy) is 1. The minimum absolute atomic E-state index is 0.0231. The normalized spacial score (nSPS) is 11.1. The van der Waals surface area contributed by atoms with Gasteiger partial charge in [-0.3, -0.25) is 0 Å². The Bertz CT molecular complexity index is 560. The zero-order valence-corrected chi connectivity index (χ0v) is 10.5. The maximum absolute atomic E-state index is 10.9. The van der Waals surface area contributed by atoms with Crippen molar-refractivity contribution in [3.05, 3.63) is 30.2 Å². The first kappa shape index (κ1) is 12.4. The molecule has 0 aromatic carbocycles. The molecule has 0 aliphatic carbocycles. The van der Waals surface area contributed by atoms with Crippen LogP contribution in [0.4, 0.5) is 0 Å². The summed E-state index contributed by atoms with van der Waals surface area (Å²) in [5.41, 5.74) is 0.563. The molecule has 5 heteroatoms. The van der Waals surface area contributed by atoms with Crippen LogP contribution in [0.1, 0.15) is 30.8 Å². The molecule has 2 rings (SSSR count). The highest BCUT2D eigenvalue weighted by Gasteiger charge is 2.11. The van der Waals surface area contributed by atoms with Gasteiger partial charge >= 0.3 is 5.97 Å². The van der Waals surface area contributed by atoms with Gasteiger partial charge in [-0.25, -0.2) is 9.78 Å². The van der Waals surface area contributed by atoms with Gasteiger partial charge in [-0.15, -0.1) is 0 Å². The molecule has 0 saturated carbocycles. The Morgan fingerprint density at radius 2 is 2.33 bits per heavy atom. The van der Waals surface area contributed by atoms with Crippen molar-refractivity contribution in [2.75, 3.05) is 6.61 Å². The number of aromatic carboxylic acids is 1. The van der Waals surface area contributed by atoms with Crippen molar-refractivity contribution in [1.82, 2.24) is 9.38 Å². The van der Waals surface area contributed by atoms with E-state index in [1.165, 1.54) is 6.20 Å². The number of fused-ring (bicyclic) bond motifs is 1. The Morgan fingerprint density at radius 1 is 1.56 bits per heavy atom. The lowest BCUT2D eigenvalue weighted by molar-refractivity contribution is 0.0691. The average Bonchev–Trinajstić information content (AvgIpc) is 2.73. The second-order valence-electron chi connectivity index (χ2n) is 4.57. The topological polar surface area (TPSA) is 63.8 Å². The van der Waals surface area contributed by atoms with Crippen LogP contribution >= 0.6 is 0 Å². The first-order chi connectivity index (χ1) is 8.58. The zero-order valence-electron chi connectivity index (χ0n) is 10.5. The van der Waals surface area contributed by atoms with Crippen LogP contribution in [0, 0.1) is 5.92 Å². The predicted octanol–water partition coefficient (Wildman–Crippen LogP) is 2.46. The lowest BCUT2D eigenvalue weighted by Gasteiger charge is -2.08. The maximum atomic E-state index is 10.9. The number of carbonyl (C=O) groups is 1. The number of pyridine rings is 1. The molecule has 0 fully saturated rings. The van der Waals surface area contributed by atoms with E-state index < -0.39 is 5.97 Å². The summed E-state index contributed by atoms with van der Waals surface area (Å²) in [4.78, 5) is 14.9. The molecule has 0 aliphatic rings. The smallest absolute Gasteiger partial charge is 0.356 e. The SMILES string of the molecule is CC(C)CCOc1cccn2cc(C(=O)O)nc12. The van der Waals surface area contributed by atoms with Crippen LogP contribution < -0.4 is 4.74 Å². The van der Waals surface area contributed by atoms with Crippen molar-refractivity contribution < 1.29 is 14.6 Å². The maximum Gasteiger partial charge on any atom is 0.356 e. The number of hydrogen-bond acceptors (Lipinski definition) is 3. The summed E-state index contributed by atoms with van der Waals surface area (Å²) >= 11 is 0. The quantitative estimate of drug-likeness (QED) is 0.882. The fourth-order valence-electron chi connectivity index (χ4n) is 1.61. The fraction of sp³-hybridized carbons (Fsp3) is 0.385. The molecule has 0 amide bonds. The largest absolute Gasteiger partial charge is 0.490 e. The summed E-state index contributed by atoms with van der Waals surface area (Å²) in [5, 5.41) is 8.91. The minimum Gasteiger partial charge on any atom is -0.490 e. The van der Waals surface area contributed by atoms with Gasteiger partial charge < -0.3 is 14.2 Å².